The Morgan fingerprint density at radius 1 is 1.56 bits per heavy atom. The van der Waals surface area contributed by atoms with Crippen molar-refractivity contribution in [1.82, 2.24) is 4.90 Å². The number of hydrogen-bond donors (Lipinski definition) is 1. The summed E-state index contributed by atoms with van der Waals surface area (Å²) in [7, 11) is 2.27. The molecule has 3 heteroatoms. The zero-order chi connectivity index (χ0) is 12.2. The standard InChI is InChI=1S/C13H28N2S/c1-5-12-6-7-13(8-12,10-14)15(3)11(2)9-16-4/h11-12H,5-10,14H2,1-4H3. The third-order valence-electron chi connectivity index (χ3n) is 4.46. The molecular formula is C13H28N2S. The van der Waals surface area contributed by atoms with Gasteiger partial charge in [0, 0.05) is 23.9 Å². The van der Waals surface area contributed by atoms with E-state index in [1.54, 1.807) is 0 Å². The largest absolute Gasteiger partial charge is 0.329 e. The van der Waals surface area contributed by atoms with Crippen LogP contribution in [0.1, 0.15) is 39.5 Å². The highest BCUT2D eigenvalue weighted by Crippen LogP contribution is 2.40. The average Bonchev–Trinajstić information content (AvgIpc) is 2.73. The van der Waals surface area contributed by atoms with Crippen LogP contribution in [0.5, 0.6) is 0 Å². The Bertz CT molecular complexity index is 210. The second-order valence-corrected chi connectivity index (χ2v) is 6.27. The first kappa shape index (κ1) is 14.3. The minimum Gasteiger partial charge on any atom is -0.329 e. The van der Waals surface area contributed by atoms with E-state index in [1.165, 1.54) is 31.4 Å². The van der Waals surface area contributed by atoms with Crippen molar-refractivity contribution >= 4 is 11.8 Å². The molecule has 3 unspecified atom stereocenters. The number of rotatable bonds is 6. The highest BCUT2D eigenvalue weighted by Gasteiger charge is 2.41. The monoisotopic (exact) mass is 244 g/mol. The molecule has 0 heterocycles. The molecule has 1 fully saturated rings. The van der Waals surface area contributed by atoms with Gasteiger partial charge in [0.1, 0.15) is 0 Å². The molecule has 0 spiro atoms. The fourth-order valence-corrected chi connectivity index (χ4v) is 3.74. The van der Waals surface area contributed by atoms with Gasteiger partial charge in [-0.3, -0.25) is 4.90 Å². The fraction of sp³-hybridized carbons (Fsp3) is 1.00. The summed E-state index contributed by atoms with van der Waals surface area (Å²) in [6.45, 7) is 5.45. The number of nitrogens with zero attached hydrogens (tertiary/aromatic N) is 1. The van der Waals surface area contributed by atoms with E-state index in [4.69, 9.17) is 5.73 Å². The van der Waals surface area contributed by atoms with Crippen molar-refractivity contribution in [3.8, 4) is 0 Å². The smallest absolute Gasteiger partial charge is 0.0334 e. The Labute approximate surface area is 105 Å². The molecule has 0 aromatic carbocycles. The van der Waals surface area contributed by atoms with E-state index < -0.39 is 0 Å². The maximum Gasteiger partial charge on any atom is 0.0334 e. The summed E-state index contributed by atoms with van der Waals surface area (Å²) in [5, 5.41) is 0. The van der Waals surface area contributed by atoms with E-state index in [-0.39, 0.29) is 5.54 Å². The van der Waals surface area contributed by atoms with Gasteiger partial charge in [-0.25, -0.2) is 0 Å². The van der Waals surface area contributed by atoms with Gasteiger partial charge in [0.2, 0.25) is 0 Å². The lowest BCUT2D eigenvalue weighted by Crippen LogP contribution is -2.54. The Hall–Kier alpha value is 0.270. The van der Waals surface area contributed by atoms with E-state index in [2.05, 4.69) is 32.1 Å². The first-order valence-corrected chi connectivity index (χ1v) is 7.91. The van der Waals surface area contributed by atoms with Crippen LogP contribution in [-0.4, -0.2) is 42.1 Å². The Morgan fingerprint density at radius 2 is 2.25 bits per heavy atom. The van der Waals surface area contributed by atoms with Gasteiger partial charge in [0.05, 0.1) is 0 Å². The highest BCUT2D eigenvalue weighted by atomic mass is 32.2. The Morgan fingerprint density at radius 3 is 2.69 bits per heavy atom. The van der Waals surface area contributed by atoms with Crippen LogP contribution in [0.4, 0.5) is 0 Å². The molecule has 1 aliphatic carbocycles. The molecule has 1 rings (SSSR count). The van der Waals surface area contributed by atoms with Gasteiger partial charge in [0.15, 0.2) is 0 Å². The van der Waals surface area contributed by atoms with Gasteiger partial charge in [-0.2, -0.15) is 11.8 Å². The SMILES string of the molecule is CCC1CCC(CN)(N(C)C(C)CSC)C1. The van der Waals surface area contributed by atoms with Crippen molar-refractivity contribution in [1.29, 1.82) is 0 Å². The maximum absolute atomic E-state index is 6.07. The minimum atomic E-state index is 0.288. The molecule has 96 valence electrons. The van der Waals surface area contributed by atoms with Crippen LogP contribution < -0.4 is 5.73 Å². The van der Waals surface area contributed by atoms with Gasteiger partial charge in [0.25, 0.3) is 0 Å². The van der Waals surface area contributed by atoms with Crippen LogP contribution in [0, 0.1) is 5.92 Å². The highest BCUT2D eigenvalue weighted by molar-refractivity contribution is 7.98. The van der Waals surface area contributed by atoms with Gasteiger partial charge < -0.3 is 5.73 Å². The third kappa shape index (κ3) is 2.93. The van der Waals surface area contributed by atoms with Crippen LogP contribution in [0.15, 0.2) is 0 Å². The predicted molar refractivity (Wildman–Crippen MR) is 75.0 cm³/mol. The summed E-state index contributed by atoms with van der Waals surface area (Å²) >= 11 is 1.93. The van der Waals surface area contributed by atoms with Gasteiger partial charge in [-0.1, -0.05) is 13.3 Å². The zero-order valence-electron chi connectivity index (χ0n) is 11.3. The first-order valence-electron chi connectivity index (χ1n) is 6.51. The molecule has 2 N–H and O–H groups in total. The molecule has 16 heavy (non-hydrogen) atoms. The molecule has 0 bridgehead atoms. The lowest BCUT2D eigenvalue weighted by molar-refractivity contribution is 0.0955. The predicted octanol–water partition coefficient (Wildman–Crippen LogP) is 2.58. The lowest BCUT2D eigenvalue weighted by atomic mass is 9.92. The van der Waals surface area contributed by atoms with Crippen LogP contribution >= 0.6 is 11.8 Å². The van der Waals surface area contributed by atoms with Crippen molar-refractivity contribution in [2.75, 3.05) is 25.6 Å². The molecule has 0 saturated heterocycles. The van der Waals surface area contributed by atoms with E-state index in [9.17, 15) is 0 Å². The Balaban J connectivity index is 2.65. The molecule has 0 radical (unpaired) electrons. The average molecular weight is 244 g/mol. The molecule has 2 nitrogen and oxygen atoms in total. The third-order valence-corrected chi connectivity index (χ3v) is 5.28. The lowest BCUT2D eigenvalue weighted by Gasteiger charge is -2.42. The van der Waals surface area contributed by atoms with E-state index in [0.29, 0.717) is 6.04 Å². The van der Waals surface area contributed by atoms with Crippen molar-refractivity contribution in [2.24, 2.45) is 11.7 Å². The summed E-state index contributed by atoms with van der Waals surface area (Å²) in [5.41, 5.74) is 6.36. The summed E-state index contributed by atoms with van der Waals surface area (Å²) in [6, 6.07) is 0.633. The van der Waals surface area contributed by atoms with Crippen LogP contribution in [-0.2, 0) is 0 Å². The summed E-state index contributed by atoms with van der Waals surface area (Å²) in [5.74, 6) is 2.10. The number of likely N-dealkylation sites (N-methyl/N-ethyl adjacent to an activating group) is 1. The second kappa shape index (κ2) is 6.27. The van der Waals surface area contributed by atoms with Crippen molar-refractivity contribution < 1.29 is 0 Å². The van der Waals surface area contributed by atoms with Crippen LogP contribution in [0.25, 0.3) is 0 Å². The molecular weight excluding hydrogens is 216 g/mol. The molecule has 1 saturated carbocycles. The molecule has 0 aliphatic heterocycles. The number of thioether (sulfide) groups is 1. The molecule has 0 aromatic rings. The summed E-state index contributed by atoms with van der Waals surface area (Å²) < 4.78 is 0. The molecule has 1 aliphatic rings. The molecule has 0 aromatic heterocycles. The number of hydrogen-bond acceptors (Lipinski definition) is 3. The Kier molecular flexibility index (Phi) is 5.62. The first-order chi connectivity index (χ1) is 7.59. The molecule has 0 amide bonds. The van der Waals surface area contributed by atoms with Crippen molar-refractivity contribution in [2.45, 2.75) is 51.1 Å². The number of nitrogens with two attached hydrogens (primary N) is 1. The maximum atomic E-state index is 6.07. The van der Waals surface area contributed by atoms with Gasteiger partial charge in [-0.05, 0) is 45.4 Å². The molecule has 3 atom stereocenters. The van der Waals surface area contributed by atoms with Crippen LogP contribution in [0.2, 0.25) is 0 Å². The van der Waals surface area contributed by atoms with Crippen molar-refractivity contribution in [3.63, 3.8) is 0 Å². The quantitative estimate of drug-likeness (QED) is 0.779. The van der Waals surface area contributed by atoms with Crippen molar-refractivity contribution in [3.05, 3.63) is 0 Å². The van der Waals surface area contributed by atoms with Gasteiger partial charge in [-0.15, -0.1) is 0 Å². The fourth-order valence-electron chi connectivity index (χ4n) is 3.03. The normalized spacial score (nSPS) is 32.2. The summed E-state index contributed by atoms with van der Waals surface area (Å²) in [4.78, 5) is 2.55. The topological polar surface area (TPSA) is 29.3 Å². The summed E-state index contributed by atoms with van der Waals surface area (Å²) in [6.07, 6.45) is 7.45. The minimum absolute atomic E-state index is 0.288. The van der Waals surface area contributed by atoms with Crippen LogP contribution in [0.3, 0.4) is 0 Å². The second-order valence-electron chi connectivity index (χ2n) is 5.36. The van der Waals surface area contributed by atoms with Gasteiger partial charge >= 0.3 is 0 Å². The van der Waals surface area contributed by atoms with E-state index >= 15 is 0 Å². The zero-order valence-corrected chi connectivity index (χ0v) is 12.1. The van der Waals surface area contributed by atoms with E-state index in [1.807, 2.05) is 11.8 Å². The van der Waals surface area contributed by atoms with E-state index in [0.717, 1.165) is 12.5 Å².